The zero-order valence-corrected chi connectivity index (χ0v) is 13.2. The van der Waals surface area contributed by atoms with E-state index in [1.165, 1.54) is 4.88 Å². The lowest BCUT2D eigenvalue weighted by Gasteiger charge is -2.11. The van der Waals surface area contributed by atoms with E-state index in [-0.39, 0.29) is 11.9 Å². The van der Waals surface area contributed by atoms with E-state index >= 15 is 0 Å². The third-order valence-electron chi connectivity index (χ3n) is 2.74. The summed E-state index contributed by atoms with van der Waals surface area (Å²) in [5.74, 6) is -0.0757. The van der Waals surface area contributed by atoms with Crippen molar-refractivity contribution in [1.29, 1.82) is 0 Å². The van der Waals surface area contributed by atoms with Gasteiger partial charge in [-0.3, -0.25) is 4.79 Å². The van der Waals surface area contributed by atoms with Crippen molar-refractivity contribution in [3.05, 3.63) is 50.4 Å². The van der Waals surface area contributed by atoms with Crippen LogP contribution in [0.25, 0.3) is 0 Å². The first-order valence-electron chi connectivity index (χ1n) is 6.11. The Balaban J connectivity index is 2.04. The summed E-state index contributed by atoms with van der Waals surface area (Å²) >= 11 is 5.00. The van der Waals surface area contributed by atoms with Crippen molar-refractivity contribution >= 4 is 33.2 Å². The third-order valence-corrected chi connectivity index (χ3v) is 4.60. The molecule has 1 heterocycles. The highest BCUT2D eigenvalue weighted by Crippen LogP contribution is 2.20. The van der Waals surface area contributed by atoms with Crippen molar-refractivity contribution in [3.63, 3.8) is 0 Å². The fourth-order valence-electron chi connectivity index (χ4n) is 1.63. The number of hydrogen-bond donors (Lipinski definition) is 1. The van der Waals surface area contributed by atoms with E-state index in [0.717, 1.165) is 15.9 Å². The smallest absolute Gasteiger partial charge is 0.251 e. The topological polar surface area (TPSA) is 42.0 Å². The van der Waals surface area contributed by atoms with E-state index in [9.17, 15) is 4.79 Å². The van der Waals surface area contributed by atoms with Crippen LogP contribution in [0.5, 0.6) is 0 Å². The highest BCUT2D eigenvalue weighted by molar-refractivity contribution is 9.10. The molecule has 1 N–H and O–H groups in total. The van der Waals surface area contributed by atoms with Gasteiger partial charge in [0.1, 0.15) is 5.01 Å². The molecule has 2 aromatic rings. The van der Waals surface area contributed by atoms with Gasteiger partial charge in [-0.1, -0.05) is 22.9 Å². The molecule has 0 aliphatic carbocycles. The van der Waals surface area contributed by atoms with Gasteiger partial charge in [0.25, 0.3) is 5.91 Å². The first-order valence-corrected chi connectivity index (χ1v) is 7.72. The minimum atomic E-state index is -0.0757. The second kappa shape index (κ2) is 6.30. The molecule has 19 heavy (non-hydrogen) atoms. The van der Waals surface area contributed by atoms with Gasteiger partial charge in [-0.25, -0.2) is 4.98 Å². The van der Waals surface area contributed by atoms with E-state index in [1.54, 1.807) is 23.5 Å². The first kappa shape index (κ1) is 14.2. The molecule has 1 amide bonds. The number of thiazole rings is 1. The number of halogens is 1. The molecule has 0 saturated heterocycles. The van der Waals surface area contributed by atoms with E-state index in [1.807, 2.05) is 25.3 Å². The lowest BCUT2D eigenvalue weighted by molar-refractivity contribution is 0.0940. The Hall–Kier alpha value is -1.20. The van der Waals surface area contributed by atoms with Crippen molar-refractivity contribution in [1.82, 2.24) is 10.3 Å². The molecule has 1 atom stereocenters. The van der Waals surface area contributed by atoms with Gasteiger partial charge in [0.2, 0.25) is 0 Å². The van der Waals surface area contributed by atoms with Crippen molar-refractivity contribution in [2.24, 2.45) is 0 Å². The Morgan fingerprint density at radius 3 is 2.68 bits per heavy atom. The highest BCUT2D eigenvalue weighted by Gasteiger charge is 2.14. The molecule has 2 rings (SSSR count). The molecular weight excluding hydrogens is 324 g/mol. The van der Waals surface area contributed by atoms with E-state index in [4.69, 9.17) is 0 Å². The summed E-state index contributed by atoms with van der Waals surface area (Å²) in [6.45, 7) is 4.05. The standard InChI is InChI=1S/C14H15BrN2OS/c1-3-12-8-16-14(19-12)9(2)17-13(18)10-4-6-11(15)7-5-10/h4-9H,3H2,1-2H3,(H,17,18). The summed E-state index contributed by atoms with van der Waals surface area (Å²) < 4.78 is 0.963. The average Bonchev–Trinajstić information content (AvgIpc) is 2.88. The summed E-state index contributed by atoms with van der Waals surface area (Å²) in [6, 6.07) is 7.24. The van der Waals surface area contributed by atoms with Gasteiger partial charge >= 0.3 is 0 Å². The SMILES string of the molecule is CCc1cnc(C(C)NC(=O)c2ccc(Br)cc2)s1. The summed E-state index contributed by atoms with van der Waals surface area (Å²) in [6.07, 6.45) is 2.85. The van der Waals surface area contributed by atoms with E-state index < -0.39 is 0 Å². The second-order valence-corrected chi connectivity index (χ2v) is 6.28. The van der Waals surface area contributed by atoms with Crippen LogP contribution in [0.2, 0.25) is 0 Å². The molecule has 0 saturated carbocycles. The fourth-order valence-corrected chi connectivity index (χ4v) is 2.75. The highest BCUT2D eigenvalue weighted by atomic mass is 79.9. The molecule has 5 heteroatoms. The van der Waals surface area contributed by atoms with Gasteiger partial charge in [-0.2, -0.15) is 0 Å². The molecule has 3 nitrogen and oxygen atoms in total. The van der Waals surface area contributed by atoms with E-state index in [0.29, 0.717) is 5.56 Å². The molecule has 0 aliphatic heterocycles. The Labute approximate surface area is 125 Å². The molecule has 1 unspecified atom stereocenters. The maximum absolute atomic E-state index is 12.1. The lowest BCUT2D eigenvalue weighted by Crippen LogP contribution is -2.26. The molecule has 100 valence electrons. The second-order valence-electron chi connectivity index (χ2n) is 4.22. The van der Waals surface area contributed by atoms with Crippen LogP contribution in [0.15, 0.2) is 34.9 Å². The number of rotatable bonds is 4. The first-order chi connectivity index (χ1) is 9.10. The van der Waals surface area contributed by atoms with Crippen molar-refractivity contribution in [3.8, 4) is 0 Å². The van der Waals surface area contributed by atoms with Crippen LogP contribution < -0.4 is 5.32 Å². The number of aryl methyl sites for hydroxylation is 1. The lowest BCUT2D eigenvalue weighted by atomic mass is 10.2. The predicted molar refractivity (Wildman–Crippen MR) is 81.5 cm³/mol. The van der Waals surface area contributed by atoms with Gasteiger partial charge in [-0.05, 0) is 37.6 Å². The maximum Gasteiger partial charge on any atom is 0.251 e. The summed E-state index contributed by atoms with van der Waals surface area (Å²) in [5, 5.41) is 3.91. The number of carbonyl (C=O) groups is 1. The van der Waals surface area contributed by atoms with Crippen molar-refractivity contribution in [2.75, 3.05) is 0 Å². The van der Waals surface area contributed by atoms with Crippen LogP contribution in [-0.4, -0.2) is 10.9 Å². The molecule has 0 bridgehead atoms. The number of carbonyl (C=O) groups excluding carboxylic acids is 1. The quantitative estimate of drug-likeness (QED) is 0.916. The largest absolute Gasteiger partial charge is 0.343 e. The number of amides is 1. The van der Waals surface area contributed by atoms with Crippen LogP contribution in [-0.2, 0) is 6.42 Å². The number of aromatic nitrogens is 1. The third kappa shape index (κ3) is 3.64. The predicted octanol–water partition coefficient (Wildman–Crippen LogP) is 3.96. The van der Waals surface area contributed by atoms with Crippen LogP contribution in [0.4, 0.5) is 0 Å². The van der Waals surface area contributed by atoms with Crippen LogP contribution in [0.3, 0.4) is 0 Å². The van der Waals surface area contributed by atoms with Gasteiger partial charge in [-0.15, -0.1) is 11.3 Å². The van der Waals surface area contributed by atoms with Gasteiger partial charge in [0.15, 0.2) is 0 Å². The normalized spacial score (nSPS) is 12.2. The summed E-state index contributed by atoms with van der Waals surface area (Å²) in [7, 11) is 0. The van der Waals surface area contributed by atoms with Gasteiger partial charge in [0.05, 0.1) is 6.04 Å². The van der Waals surface area contributed by atoms with Crippen molar-refractivity contribution in [2.45, 2.75) is 26.3 Å². The summed E-state index contributed by atoms with van der Waals surface area (Å²) in [5.41, 5.74) is 0.655. The van der Waals surface area contributed by atoms with Crippen molar-refractivity contribution < 1.29 is 4.79 Å². The van der Waals surface area contributed by atoms with E-state index in [2.05, 4.69) is 33.2 Å². The van der Waals surface area contributed by atoms with Crippen LogP contribution >= 0.6 is 27.3 Å². The summed E-state index contributed by atoms with van der Waals surface area (Å²) in [4.78, 5) is 17.6. The minimum absolute atomic E-state index is 0.0681. The monoisotopic (exact) mass is 338 g/mol. The molecule has 0 aliphatic rings. The molecule has 1 aromatic carbocycles. The van der Waals surface area contributed by atoms with Crippen LogP contribution in [0.1, 0.15) is 40.1 Å². The Bertz CT molecular complexity index is 565. The molecule has 0 radical (unpaired) electrons. The number of hydrogen-bond acceptors (Lipinski definition) is 3. The molecule has 0 fully saturated rings. The number of nitrogens with zero attached hydrogens (tertiary/aromatic N) is 1. The minimum Gasteiger partial charge on any atom is -0.343 e. The van der Waals surface area contributed by atoms with Gasteiger partial charge < -0.3 is 5.32 Å². The maximum atomic E-state index is 12.1. The number of benzene rings is 1. The fraction of sp³-hybridized carbons (Fsp3) is 0.286. The zero-order chi connectivity index (χ0) is 13.8. The number of nitrogens with one attached hydrogen (secondary N) is 1. The molecule has 0 spiro atoms. The van der Waals surface area contributed by atoms with Crippen LogP contribution in [0, 0.1) is 0 Å². The zero-order valence-electron chi connectivity index (χ0n) is 10.8. The molecule has 1 aromatic heterocycles. The molecular formula is C14H15BrN2OS. The Morgan fingerprint density at radius 2 is 2.11 bits per heavy atom. The van der Waals surface area contributed by atoms with Gasteiger partial charge in [0, 0.05) is 21.1 Å². The Kier molecular flexibility index (Phi) is 4.71. The average molecular weight is 339 g/mol. The Morgan fingerprint density at radius 1 is 1.42 bits per heavy atom.